The van der Waals surface area contributed by atoms with Gasteiger partial charge in [0.15, 0.2) is 6.61 Å². The average molecular weight is 570 g/mol. The molecule has 1 saturated heterocycles. The van der Waals surface area contributed by atoms with E-state index in [0.29, 0.717) is 38.7 Å². The Bertz CT molecular complexity index is 1450. The van der Waals surface area contributed by atoms with E-state index >= 15 is 0 Å². The van der Waals surface area contributed by atoms with E-state index in [1.54, 1.807) is 66.7 Å². The number of anilines is 2. The van der Waals surface area contributed by atoms with Crippen LogP contribution in [-0.2, 0) is 14.4 Å². The minimum Gasteiger partial charge on any atom is -0.483 e. The third-order valence-corrected chi connectivity index (χ3v) is 6.86. The summed E-state index contributed by atoms with van der Waals surface area (Å²) in [5, 5.41) is 5.66. The van der Waals surface area contributed by atoms with Gasteiger partial charge in [-0.2, -0.15) is 0 Å². The van der Waals surface area contributed by atoms with Crippen molar-refractivity contribution in [3.8, 4) is 5.75 Å². The molecule has 3 aromatic carbocycles. The number of para-hydroxylation sites is 1. The van der Waals surface area contributed by atoms with Gasteiger partial charge in [0.25, 0.3) is 17.1 Å². The summed E-state index contributed by atoms with van der Waals surface area (Å²) in [6.07, 6.45) is 1.44. The highest BCUT2D eigenvalue weighted by atomic mass is 35.5. The van der Waals surface area contributed by atoms with Gasteiger partial charge in [0, 0.05) is 27.0 Å². The molecule has 8 nitrogen and oxygen atoms in total. The first kappa shape index (κ1) is 27.3. The smallest absolute Gasteiger partial charge is 0.294 e. The van der Waals surface area contributed by atoms with E-state index in [2.05, 4.69) is 10.6 Å². The molecule has 0 atom stereocenters. The SMILES string of the molecule is Cc1ccc(NC(=O)COc2ccc(Cl)cc2/C=C2\SC(=O)N(CC(=O)Nc3ccccc3)C2=O)cc1Cl. The first-order valence-electron chi connectivity index (χ1n) is 11.3. The second-order valence-electron chi connectivity index (χ2n) is 8.17. The zero-order valence-corrected chi connectivity index (χ0v) is 22.3. The molecule has 1 fully saturated rings. The quantitative estimate of drug-likeness (QED) is 0.322. The number of carbonyl (C=O) groups excluding carboxylic acids is 4. The van der Waals surface area contributed by atoms with Crippen molar-refractivity contribution in [2.45, 2.75) is 6.92 Å². The Labute approximate surface area is 232 Å². The molecule has 2 N–H and O–H groups in total. The molecule has 194 valence electrons. The topological polar surface area (TPSA) is 105 Å². The standard InChI is InChI=1S/C27H21Cl2N3O5S/c1-16-7-9-20(13-21(16)29)31-25(34)15-37-22-10-8-18(28)11-17(22)12-23-26(35)32(27(36)38-23)14-24(33)30-19-5-3-2-4-6-19/h2-13H,14-15H2,1H3,(H,30,33)(H,31,34)/b23-12-. The Kier molecular flexibility index (Phi) is 8.73. The lowest BCUT2D eigenvalue weighted by atomic mass is 10.2. The lowest BCUT2D eigenvalue weighted by Crippen LogP contribution is -2.36. The van der Waals surface area contributed by atoms with Crippen molar-refractivity contribution in [3.63, 3.8) is 0 Å². The van der Waals surface area contributed by atoms with E-state index in [1.807, 2.05) is 6.92 Å². The fourth-order valence-corrected chi connectivity index (χ4v) is 4.61. The Morgan fingerprint density at radius 1 is 0.947 bits per heavy atom. The predicted octanol–water partition coefficient (Wildman–Crippen LogP) is 5.99. The Hall–Kier alpha value is -3.79. The molecule has 1 aliphatic heterocycles. The van der Waals surface area contributed by atoms with E-state index in [1.165, 1.54) is 6.08 Å². The zero-order chi connectivity index (χ0) is 27.2. The van der Waals surface area contributed by atoms with Gasteiger partial charge in [0.2, 0.25) is 5.91 Å². The molecule has 0 aromatic heterocycles. The van der Waals surface area contributed by atoms with Crippen molar-refractivity contribution in [2.24, 2.45) is 0 Å². The molecule has 3 aromatic rings. The molecule has 0 spiro atoms. The Balaban J connectivity index is 1.43. The van der Waals surface area contributed by atoms with E-state index in [9.17, 15) is 19.2 Å². The number of amides is 4. The maximum atomic E-state index is 12.9. The lowest BCUT2D eigenvalue weighted by molar-refractivity contribution is -0.127. The van der Waals surface area contributed by atoms with Crippen LogP contribution in [0.4, 0.5) is 16.2 Å². The average Bonchev–Trinajstić information content (AvgIpc) is 3.13. The third-order valence-electron chi connectivity index (χ3n) is 5.31. The molecular weight excluding hydrogens is 549 g/mol. The highest BCUT2D eigenvalue weighted by Crippen LogP contribution is 2.35. The van der Waals surface area contributed by atoms with Crippen molar-refractivity contribution < 1.29 is 23.9 Å². The monoisotopic (exact) mass is 569 g/mol. The van der Waals surface area contributed by atoms with Crippen LogP contribution >= 0.6 is 35.0 Å². The van der Waals surface area contributed by atoms with E-state index < -0.39 is 29.5 Å². The maximum Gasteiger partial charge on any atom is 0.294 e. The fourth-order valence-electron chi connectivity index (χ4n) is 3.42. The molecule has 0 aliphatic carbocycles. The summed E-state index contributed by atoms with van der Waals surface area (Å²) in [6.45, 7) is 1.10. The summed E-state index contributed by atoms with van der Waals surface area (Å²) in [7, 11) is 0. The van der Waals surface area contributed by atoms with Crippen LogP contribution in [0.5, 0.6) is 5.75 Å². The van der Waals surface area contributed by atoms with Gasteiger partial charge < -0.3 is 15.4 Å². The summed E-state index contributed by atoms with van der Waals surface area (Å²) in [5.41, 5.74) is 2.35. The molecule has 0 bridgehead atoms. The summed E-state index contributed by atoms with van der Waals surface area (Å²) >= 11 is 12.9. The van der Waals surface area contributed by atoms with Crippen molar-refractivity contribution >= 4 is 75.4 Å². The third kappa shape index (κ3) is 6.95. The Morgan fingerprint density at radius 2 is 1.68 bits per heavy atom. The number of imide groups is 1. The van der Waals surface area contributed by atoms with Crippen LogP contribution in [0.15, 0.2) is 71.6 Å². The number of hydrogen-bond donors (Lipinski definition) is 2. The molecule has 1 heterocycles. The van der Waals surface area contributed by atoms with Crippen molar-refractivity contribution in [2.75, 3.05) is 23.8 Å². The number of hydrogen-bond acceptors (Lipinski definition) is 6. The second kappa shape index (κ2) is 12.2. The van der Waals surface area contributed by atoms with Crippen molar-refractivity contribution in [1.82, 2.24) is 4.90 Å². The number of carbonyl (C=O) groups is 4. The van der Waals surface area contributed by atoms with Crippen LogP contribution in [0.25, 0.3) is 6.08 Å². The van der Waals surface area contributed by atoms with Crippen LogP contribution < -0.4 is 15.4 Å². The predicted molar refractivity (Wildman–Crippen MR) is 150 cm³/mol. The van der Waals surface area contributed by atoms with Crippen LogP contribution in [0.2, 0.25) is 10.0 Å². The molecule has 0 saturated carbocycles. The van der Waals surface area contributed by atoms with Crippen LogP contribution in [0, 0.1) is 6.92 Å². The minimum absolute atomic E-state index is 0.0911. The summed E-state index contributed by atoms with van der Waals surface area (Å²) < 4.78 is 5.68. The van der Waals surface area contributed by atoms with Gasteiger partial charge in [0.05, 0.1) is 4.91 Å². The van der Waals surface area contributed by atoms with E-state index in [4.69, 9.17) is 27.9 Å². The summed E-state index contributed by atoms with van der Waals surface area (Å²) in [6, 6.07) is 18.5. The van der Waals surface area contributed by atoms with Crippen LogP contribution in [-0.4, -0.2) is 41.0 Å². The van der Waals surface area contributed by atoms with Gasteiger partial charge in [-0.15, -0.1) is 0 Å². The van der Waals surface area contributed by atoms with Gasteiger partial charge in [0.1, 0.15) is 12.3 Å². The maximum absolute atomic E-state index is 12.9. The largest absolute Gasteiger partial charge is 0.483 e. The van der Waals surface area contributed by atoms with Gasteiger partial charge in [-0.05, 0) is 72.8 Å². The zero-order valence-electron chi connectivity index (χ0n) is 20.0. The number of rotatable bonds is 8. The van der Waals surface area contributed by atoms with E-state index in [-0.39, 0.29) is 17.3 Å². The number of thioether (sulfide) groups is 1. The van der Waals surface area contributed by atoms with Crippen LogP contribution in [0.1, 0.15) is 11.1 Å². The first-order chi connectivity index (χ1) is 18.2. The lowest BCUT2D eigenvalue weighted by Gasteiger charge is -2.12. The number of benzene rings is 3. The highest BCUT2D eigenvalue weighted by Gasteiger charge is 2.36. The Morgan fingerprint density at radius 3 is 2.42 bits per heavy atom. The van der Waals surface area contributed by atoms with Gasteiger partial charge in [-0.3, -0.25) is 24.1 Å². The van der Waals surface area contributed by atoms with E-state index in [0.717, 1.165) is 10.5 Å². The highest BCUT2D eigenvalue weighted by molar-refractivity contribution is 8.18. The molecule has 38 heavy (non-hydrogen) atoms. The fraction of sp³-hybridized carbons (Fsp3) is 0.111. The van der Waals surface area contributed by atoms with Gasteiger partial charge in [-0.1, -0.05) is 47.5 Å². The normalized spacial score (nSPS) is 14.1. The molecular formula is C27H21Cl2N3O5S. The number of nitrogens with zero attached hydrogens (tertiary/aromatic N) is 1. The summed E-state index contributed by atoms with van der Waals surface area (Å²) in [5.74, 6) is -1.27. The number of ether oxygens (including phenoxy) is 1. The van der Waals surface area contributed by atoms with Gasteiger partial charge in [-0.25, -0.2) is 0 Å². The molecule has 11 heteroatoms. The van der Waals surface area contributed by atoms with Crippen LogP contribution in [0.3, 0.4) is 0 Å². The molecule has 4 amide bonds. The summed E-state index contributed by atoms with van der Waals surface area (Å²) in [4.78, 5) is 51.1. The second-order valence-corrected chi connectivity index (χ2v) is 10.0. The van der Waals surface area contributed by atoms with Crippen molar-refractivity contribution in [3.05, 3.63) is 92.8 Å². The number of nitrogens with one attached hydrogen (secondary N) is 2. The van der Waals surface area contributed by atoms with Gasteiger partial charge >= 0.3 is 0 Å². The first-order valence-corrected chi connectivity index (χ1v) is 12.9. The molecule has 0 unspecified atom stereocenters. The van der Waals surface area contributed by atoms with Crippen molar-refractivity contribution in [1.29, 1.82) is 0 Å². The molecule has 0 radical (unpaired) electrons. The molecule has 1 aliphatic rings. The molecule has 4 rings (SSSR count). The minimum atomic E-state index is -0.622. The number of halogens is 2. The number of aryl methyl sites for hydroxylation is 1.